The Morgan fingerprint density at radius 3 is 2.41 bits per heavy atom. The zero-order valence-corrected chi connectivity index (χ0v) is 12.3. The highest BCUT2D eigenvalue weighted by atomic mass is 15.2. The van der Waals surface area contributed by atoms with Gasteiger partial charge in [0.1, 0.15) is 5.84 Å². The molecule has 1 N–H and O–H groups in total. The first-order valence-corrected chi connectivity index (χ1v) is 6.58. The number of hydrogen-bond acceptors (Lipinski definition) is 3. The van der Waals surface area contributed by atoms with Gasteiger partial charge in [0.15, 0.2) is 0 Å². The van der Waals surface area contributed by atoms with Gasteiger partial charge in [0.2, 0.25) is 0 Å². The molecule has 99 valence electrons. The monoisotopic (exact) mass is 238 g/mol. The maximum atomic E-state index is 4.58. The minimum Gasteiger partial charge on any atom is -0.357 e. The van der Waals surface area contributed by atoms with E-state index in [1.807, 2.05) is 0 Å². The fraction of sp³-hybridized carbons (Fsp3) is 0.857. The Morgan fingerprint density at radius 1 is 1.24 bits per heavy atom. The van der Waals surface area contributed by atoms with Crippen molar-refractivity contribution in [1.29, 1.82) is 0 Å². The number of rotatable bonds is 4. The molecule has 0 aromatic carbocycles. The molecule has 1 heterocycles. The molecule has 0 atom stereocenters. The summed E-state index contributed by atoms with van der Waals surface area (Å²) in [5, 5.41) is 3.52. The second-order valence-electron chi connectivity index (χ2n) is 6.91. The van der Waals surface area contributed by atoms with Crippen molar-refractivity contribution in [2.24, 2.45) is 10.4 Å². The van der Waals surface area contributed by atoms with Crippen LogP contribution >= 0.6 is 0 Å². The van der Waals surface area contributed by atoms with Crippen LogP contribution in [0.5, 0.6) is 0 Å². The summed E-state index contributed by atoms with van der Waals surface area (Å²) in [5.41, 5.74) is 0.406. The molecule has 0 saturated carbocycles. The van der Waals surface area contributed by atoms with Crippen molar-refractivity contribution in [3.8, 4) is 0 Å². The largest absolute Gasteiger partial charge is 0.357 e. The molecule has 0 fully saturated rings. The highest BCUT2D eigenvalue weighted by Gasteiger charge is 2.23. The predicted molar refractivity (Wildman–Crippen MR) is 75.4 cm³/mol. The van der Waals surface area contributed by atoms with E-state index < -0.39 is 0 Å². The Balaban J connectivity index is 2.37. The van der Waals surface area contributed by atoms with Gasteiger partial charge in [-0.1, -0.05) is 20.8 Å². The van der Waals surface area contributed by atoms with Crippen LogP contribution in [0.25, 0.3) is 0 Å². The Labute approximate surface area is 107 Å². The van der Waals surface area contributed by atoms with Crippen LogP contribution in [0.15, 0.2) is 4.99 Å². The lowest BCUT2D eigenvalue weighted by Gasteiger charge is -2.27. The third-order valence-electron chi connectivity index (χ3n) is 2.57. The lowest BCUT2D eigenvalue weighted by atomic mass is 9.91. The van der Waals surface area contributed by atoms with Gasteiger partial charge in [-0.2, -0.15) is 0 Å². The SMILES string of the molecule is CC(C)(C)[CH]C1=NCCN1CCNC(C)(C)C. The first-order valence-electron chi connectivity index (χ1n) is 6.58. The summed E-state index contributed by atoms with van der Waals surface area (Å²) >= 11 is 0. The lowest BCUT2D eigenvalue weighted by Crippen LogP contribution is -2.42. The van der Waals surface area contributed by atoms with Gasteiger partial charge in [-0.3, -0.25) is 4.99 Å². The van der Waals surface area contributed by atoms with Gasteiger partial charge in [0, 0.05) is 31.6 Å². The predicted octanol–water partition coefficient (Wildman–Crippen LogP) is 2.34. The standard InChI is InChI=1S/C14H28N3/c1-13(2,3)11-12-15-7-9-17(12)10-8-16-14(4,5)6/h11,16H,7-10H2,1-6H3. The van der Waals surface area contributed by atoms with Crippen LogP contribution in [-0.2, 0) is 0 Å². The van der Waals surface area contributed by atoms with Crippen LogP contribution in [0.1, 0.15) is 41.5 Å². The summed E-state index contributed by atoms with van der Waals surface area (Å²) in [5.74, 6) is 1.17. The maximum absolute atomic E-state index is 4.58. The summed E-state index contributed by atoms with van der Waals surface area (Å²) < 4.78 is 0. The Bertz CT molecular complexity index is 268. The molecule has 0 aliphatic carbocycles. The average Bonchev–Trinajstić information content (AvgIpc) is 2.47. The number of hydrogen-bond donors (Lipinski definition) is 1. The van der Waals surface area contributed by atoms with E-state index >= 15 is 0 Å². The fourth-order valence-electron chi connectivity index (χ4n) is 1.82. The van der Waals surface area contributed by atoms with Crippen molar-refractivity contribution in [3.05, 3.63) is 6.42 Å². The van der Waals surface area contributed by atoms with E-state index in [1.54, 1.807) is 0 Å². The number of nitrogens with one attached hydrogen (secondary N) is 1. The van der Waals surface area contributed by atoms with E-state index in [9.17, 15) is 0 Å². The van der Waals surface area contributed by atoms with E-state index in [0.29, 0.717) is 0 Å². The molecule has 0 saturated heterocycles. The number of amidine groups is 1. The van der Waals surface area contributed by atoms with Crippen LogP contribution in [0.2, 0.25) is 0 Å². The Morgan fingerprint density at radius 2 is 1.88 bits per heavy atom. The molecule has 3 nitrogen and oxygen atoms in total. The molecule has 0 aromatic rings. The van der Waals surface area contributed by atoms with Crippen LogP contribution in [0, 0.1) is 11.8 Å². The molecule has 0 unspecified atom stereocenters. The summed E-state index contributed by atoms with van der Waals surface area (Å²) in [6, 6.07) is 0. The van der Waals surface area contributed by atoms with E-state index in [-0.39, 0.29) is 11.0 Å². The molecule has 1 rings (SSSR count). The first-order chi connectivity index (χ1) is 7.67. The second-order valence-corrected chi connectivity index (χ2v) is 6.91. The molecule has 1 aliphatic heterocycles. The molecule has 1 radical (unpaired) electrons. The first kappa shape index (κ1) is 14.5. The number of aliphatic imine (C=N–C) groups is 1. The lowest BCUT2D eigenvalue weighted by molar-refractivity contribution is 0.373. The van der Waals surface area contributed by atoms with Crippen molar-refractivity contribution in [2.45, 2.75) is 47.1 Å². The average molecular weight is 238 g/mol. The van der Waals surface area contributed by atoms with E-state index in [1.165, 1.54) is 5.84 Å². The van der Waals surface area contributed by atoms with Gasteiger partial charge in [-0.25, -0.2) is 0 Å². The van der Waals surface area contributed by atoms with Crippen molar-refractivity contribution in [2.75, 3.05) is 26.2 Å². The summed E-state index contributed by atoms with van der Waals surface area (Å²) in [6.07, 6.45) is 2.27. The minimum absolute atomic E-state index is 0.199. The summed E-state index contributed by atoms with van der Waals surface area (Å²) in [6.45, 7) is 17.3. The number of nitrogens with zero attached hydrogens (tertiary/aromatic N) is 2. The molecular formula is C14H28N3. The van der Waals surface area contributed by atoms with Gasteiger partial charge < -0.3 is 10.2 Å². The van der Waals surface area contributed by atoms with Crippen molar-refractivity contribution < 1.29 is 0 Å². The van der Waals surface area contributed by atoms with Crippen LogP contribution in [0.4, 0.5) is 0 Å². The minimum atomic E-state index is 0.199. The van der Waals surface area contributed by atoms with Gasteiger partial charge >= 0.3 is 0 Å². The van der Waals surface area contributed by atoms with Crippen molar-refractivity contribution >= 4 is 5.84 Å². The van der Waals surface area contributed by atoms with Gasteiger partial charge in [-0.05, 0) is 26.2 Å². The maximum Gasteiger partial charge on any atom is 0.103 e. The molecule has 0 aromatic heterocycles. The molecule has 0 spiro atoms. The normalized spacial score (nSPS) is 17.5. The van der Waals surface area contributed by atoms with E-state index in [0.717, 1.165) is 26.2 Å². The van der Waals surface area contributed by atoms with Gasteiger partial charge in [-0.15, -0.1) is 0 Å². The Kier molecular flexibility index (Phi) is 4.59. The third-order valence-corrected chi connectivity index (χ3v) is 2.57. The Hall–Kier alpha value is -0.570. The molecule has 1 aliphatic rings. The van der Waals surface area contributed by atoms with Gasteiger partial charge in [0.25, 0.3) is 0 Å². The van der Waals surface area contributed by atoms with Crippen LogP contribution in [0.3, 0.4) is 0 Å². The van der Waals surface area contributed by atoms with Gasteiger partial charge in [0.05, 0.1) is 6.54 Å². The zero-order valence-electron chi connectivity index (χ0n) is 12.3. The quantitative estimate of drug-likeness (QED) is 0.814. The third kappa shape index (κ3) is 6.06. The zero-order chi connectivity index (χ0) is 13.1. The topological polar surface area (TPSA) is 27.6 Å². The molecule has 17 heavy (non-hydrogen) atoms. The van der Waals surface area contributed by atoms with E-state index in [2.05, 4.69) is 63.2 Å². The van der Waals surface area contributed by atoms with Crippen LogP contribution < -0.4 is 5.32 Å². The fourth-order valence-corrected chi connectivity index (χ4v) is 1.82. The molecule has 0 bridgehead atoms. The molecule has 0 amide bonds. The highest BCUT2D eigenvalue weighted by molar-refractivity contribution is 5.92. The van der Waals surface area contributed by atoms with Crippen molar-refractivity contribution in [1.82, 2.24) is 10.2 Å². The summed E-state index contributed by atoms with van der Waals surface area (Å²) in [4.78, 5) is 6.96. The highest BCUT2D eigenvalue weighted by Crippen LogP contribution is 2.21. The second kappa shape index (κ2) is 5.38. The molecular weight excluding hydrogens is 210 g/mol. The smallest absolute Gasteiger partial charge is 0.103 e. The van der Waals surface area contributed by atoms with Crippen LogP contribution in [-0.4, -0.2) is 42.5 Å². The van der Waals surface area contributed by atoms with Crippen molar-refractivity contribution in [3.63, 3.8) is 0 Å². The molecule has 3 heteroatoms. The van der Waals surface area contributed by atoms with E-state index in [4.69, 9.17) is 0 Å². The summed E-state index contributed by atoms with van der Waals surface area (Å²) in [7, 11) is 0.